The van der Waals surface area contributed by atoms with Crippen LogP contribution in [0.4, 0.5) is 0 Å². The third-order valence-electron chi connectivity index (χ3n) is 7.10. The highest BCUT2D eigenvalue weighted by atomic mass is 16.5. The van der Waals surface area contributed by atoms with Gasteiger partial charge in [-0.05, 0) is 49.8 Å². The van der Waals surface area contributed by atoms with Gasteiger partial charge >= 0.3 is 5.97 Å². The number of benzene rings is 1. The van der Waals surface area contributed by atoms with E-state index >= 15 is 0 Å². The van der Waals surface area contributed by atoms with Gasteiger partial charge in [0.2, 0.25) is 0 Å². The van der Waals surface area contributed by atoms with E-state index in [1.165, 1.54) is 32.0 Å². The van der Waals surface area contributed by atoms with Crippen LogP contribution in [0.2, 0.25) is 0 Å². The fourth-order valence-electron chi connectivity index (χ4n) is 4.72. The Hall–Kier alpha value is -2.84. The monoisotopic (exact) mass is 531 g/mol. The van der Waals surface area contributed by atoms with Gasteiger partial charge in [-0.15, -0.1) is 0 Å². The summed E-state index contributed by atoms with van der Waals surface area (Å²) < 4.78 is 27.8. The predicted octanol–water partition coefficient (Wildman–Crippen LogP) is 4.51. The average molecular weight is 532 g/mol. The summed E-state index contributed by atoms with van der Waals surface area (Å²) in [5, 5.41) is 3.25. The van der Waals surface area contributed by atoms with Gasteiger partial charge in [-0.3, -0.25) is 4.79 Å². The first-order valence-corrected chi connectivity index (χ1v) is 13.1. The summed E-state index contributed by atoms with van der Waals surface area (Å²) in [6.45, 7) is 12.4. The average Bonchev–Trinajstić information content (AvgIpc) is 3.65. The molecule has 2 aliphatic carbocycles. The maximum absolute atomic E-state index is 11.3. The molecule has 0 bridgehead atoms. The third kappa shape index (κ3) is 8.60. The molecule has 38 heavy (non-hydrogen) atoms. The fraction of sp³-hybridized carbons (Fsp3) is 0.600. The Morgan fingerprint density at radius 3 is 2.34 bits per heavy atom. The van der Waals surface area contributed by atoms with Crippen LogP contribution in [0.1, 0.15) is 46.1 Å². The van der Waals surface area contributed by atoms with Gasteiger partial charge in [-0.1, -0.05) is 31.6 Å². The van der Waals surface area contributed by atoms with Crippen LogP contribution in [0.3, 0.4) is 0 Å². The van der Waals surface area contributed by atoms with E-state index in [0.717, 1.165) is 24.2 Å². The molecule has 1 spiro atoms. The van der Waals surface area contributed by atoms with Crippen molar-refractivity contribution in [2.24, 2.45) is 17.3 Å². The molecule has 1 aliphatic heterocycles. The number of hydrogen-bond donors (Lipinski definition) is 1. The molecule has 212 valence electrons. The molecule has 3 unspecified atom stereocenters. The molecule has 2 fully saturated rings. The van der Waals surface area contributed by atoms with Gasteiger partial charge in [0.05, 0.1) is 26.2 Å². The summed E-state index contributed by atoms with van der Waals surface area (Å²) in [6, 6.07) is 5.92. The summed E-state index contributed by atoms with van der Waals surface area (Å²) in [5.74, 6) is 2.42. The Bertz CT molecular complexity index is 967. The van der Waals surface area contributed by atoms with E-state index in [4.69, 9.17) is 28.5 Å². The molecule has 1 aromatic carbocycles. The zero-order valence-corrected chi connectivity index (χ0v) is 24.0. The molecule has 8 nitrogen and oxygen atoms in total. The van der Waals surface area contributed by atoms with Crippen LogP contribution in [-0.4, -0.2) is 66.0 Å². The number of carbonyl (C=O) groups is 2. The SMILES string of the molecule is C=O.COC1=CC(C)=CC(COC(C)=O)C1Oc1ccc(CCC(C)C)c(OC)c1.COC1CC12CNC2. The highest BCUT2D eigenvalue weighted by Gasteiger charge is 2.58. The molecule has 8 heteroatoms. The van der Waals surface area contributed by atoms with Crippen LogP contribution in [0.5, 0.6) is 11.5 Å². The van der Waals surface area contributed by atoms with Crippen LogP contribution < -0.4 is 14.8 Å². The quantitative estimate of drug-likeness (QED) is 0.441. The molecular weight excluding hydrogens is 486 g/mol. The zero-order chi connectivity index (χ0) is 28.3. The van der Waals surface area contributed by atoms with Crippen LogP contribution in [0.15, 0.2) is 41.7 Å². The number of allylic oxidation sites excluding steroid dienone is 2. The molecule has 1 aromatic rings. The van der Waals surface area contributed by atoms with Crippen LogP contribution in [0.25, 0.3) is 0 Å². The Balaban J connectivity index is 0.000000420. The normalized spacial score (nSPS) is 22.4. The van der Waals surface area contributed by atoms with E-state index in [1.807, 2.05) is 38.0 Å². The minimum atomic E-state index is -0.376. The Morgan fingerprint density at radius 2 is 1.87 bits per heavy atom. The number of esters is 1. The Kier molecular flexibility index (Phi) is 12.3. The second kappa shape index (κ2) is 14.9. The number of aryl methyl sites for hydroxylation is 1. The maximum atomic E-state index is 11.3. The van der Waals surface area contributed by atoms with Gasteiger partial charge in [-0.2, -0.15) is 0 Å². The second-order valence-electron chi connectivity index (χ2n) is 10.5. The van der Waals surface area contributed by atoms with Crippen molar-refractivity contribution < 1.29 is 33.3 Å². The molecule has 3 atom stereocenters. The smallest absolute Gasteiger partial charge is 0.302 e. The van der Waals surface area contributed by atoms with Crippen LogP contribution >= 0.6 is 0 Å². The second-order valence-corrected chi connectivity index (χ2v) is 10.5. The van der Waals surface area contributed by atoms with E-state index in [-0.39, 0.29) is 24.6 Å². The van der Waals surface area contributed by atoms with Crippen molar-refractivity contribution in [1.29, 1.82) is 0 Å². The number of carbonyl (C=O) groups excluding carboxylic acids is 2. The van der Waals surface area contributed by atoms with Gasteiger partial charge < -0.3 is 33.8 Å². The van der Waals surface area contributed by atoms with Crippen LogP contribution in [-0.2, 0) is 30.2 Å². The molecule has 1 saturated heterocycles. The van der Waals surface area contributed by atoms with E-state index in [2.05, 4.69) is 25.2 Å². The molecule has 1 heterocycles. The highest BCUT2D eigenvalue weighted by Crippen LogP contribution is 2.50. The first kappa shape index (κ1) is 31.4. The summed E-state index contributed by atoms with van der Waals surface area (Å²) in [6.07, 6.45) is 7.56. The molecule has 0 amide bonds. The number of hydrogen-bond acceptors (Lipinski definition) is 8. The maximum Gasteiger partial charge on any atom is 0.302 e. The largest absolute Gasteiger partial charge is 0.497 e. The molecule has 3 aliphatic rings. The Labute approximate surface area is 227 Å². The van der Waals surface area contributed by atoms with Crippen molar-refractivity contribution in [2.75, 3.05) is 41.0 Å². The number of methoxy groups -OCH3 is 3. The summed E-state index contributed by atoms with van der Waals surface area (Å²) in [4.78, 5) is 19.3. The van der Waals surface area contributed by atoms with Gasteiger partial charge in [0.25, 0.3) is 0 Å². The molecule has 1 N–H and O–H groups in total. The first-order valence-electron chi connectivity index (χ1n) is 13.1. The summed E-state index contributed by atoms with van der Waals surface area (Å²) >= 11 is 0. The van der Waals surface area contributed by atoms with Gasteiger partial charge in [0, 0.05) is 38.6 Å². The molecule has 0 radical (unpaired) electrons. The first-order chi connectivity index (χ1) is 18.2. The van der Waals surface area contributed by atoms with Gasteiger partial charge in [0.1, 0.15) is 30.7 Å². The molecular formula is C30H45NO7. The lowest BCUT2D eigenvalue weighted by Crippen LogP contribution is -2.46. The molecule has 0 aromatic heterocycles. The summed E-state index contributed by atoms with van der Waals surface area (Å²) in [5.41, 5.74) is 2.83. The Morgan fingerprint density at radius 1 is 1.16 bits per heavy atom. The summed E-state index contributed by atoms with van der Waals surface area (Å²) in [7, 11) is 5.10. The van der Waals surface area contributed by atoms with E-state index in [1.54, 1.807) is 21.3 Å². The van der Waals surface area contributed by atoms with Crippen molar-refractivity contribution in [3.63, 3.8) is 0 Å². The highest BCUT2D eigenvalue weighted by molar-refractivity contribution is 5.65. The lowest BCUT2D eigenvalue weighted by molar-refractivity contribution is -0.142. The minimum absolute atomic E-state index is 0.129. The van der Waals surface area contributed by atoms with Gasteiger partial charge in [0.15, 0.2) is 6.10 Å². The van der Waals surface area contributed by atoms with E-state index < -0.39 is 0 Å². The number of rotatable bonds is 10. The molecule has 4 rings (SSSR count). The topological polar surface area (TPSA) is 92.3 Å². The lowest BCUT2D eigenvalue weighted by Gasteiger charge is -2.30. The van der Waals surface area contributed by atoms with Crippen molar-refractivity contribution >= 4 is 12.8 Å². The minimum Gasteiger partial charge on any atom is -0.497 e. The molecule has 1 saturated carbocycles. The number of ether oxygens (including phenoxy) is 5. The van der Waals surface area contributed by atoms with E-state index in [9.17, 15) is 4.79 Å². The number of nitrogens with one attached hydrogen (secondary N) is 1. The van der Waals surface area contributed by atoms with Crippen molar-refractivity contribution in [3.8, 4) is 11.5 Å². The predicted molar refractivity (Wildman–Crippen MR) is 147 cm³/mol. The van der Waals surface area contributed by atoms with Crippen LogP contribution in [0, 0.1) is 17.3 Å². The third-order valence-corrected chi connectivity index (χ3v) is 7.10. The van der Waals surface area contributed by atoms with Crippen molar-refractivity contribution in [2.45, 2.75) is 59.2 Å². The zero-order valence-electron chi connectivity index (χ0n) is 24.0. The van der Waals surface area contributed by atoms with Crippen molar-refractivity contribution in [1.82, 2.24) is 5.32 Å². The van der Waals surface area contributed by atoms with Gasteiger partial charge in [-0.25, -0.2) is 0 Å². The van der Waals surface area contributed by atoms with Crippen molar-refractivity contribution in [3.05, 3.63) is 47.2 Å². The van der Waals surface area contributed by atoms with E-state index in [0.29, 0.717) is 28.9 Å². The lowest BCUT2D eigenvalue weighted by atomic mass is 9.92. The fourth-order valence-corrected chi connectivity index (χ4v) is 4.72. The standard InChI is InChI=1S/C23H32O5.C6H11NO.CH2O/c1-15(2)7-8-18-9-10-20(13-21(18)25-5)28-23-19(14-27-17(4)24)11-16(3)12-22(23)26-6;1-8-5-2-6(5)3-7-4-6;1-2/h9-13,15,19,23H,7-8,14H2,1-6H3;5,7H,2-4H2,1H3;1H2.